The van der Waals surface area contributed by atoms with Crippen molar-refractivity contribution in [2.24, 2.45) is 5.92 Å². The number of nitrogens with zero attached hydrogens (tertiary/aromatic N) is 1. The van der Waals surface area contributed by atoms with Gasteiger partial charge in [0.2, 0.25) is 0 Å². The van der Waals surface area contributed by atoms with E-state index in [1.807, 2.05) is 6.92 Å². The average molecular weight is 271 g/mol. The zero-order valence-electron chi connectivity index (χ0n) is 7.99. The number of nitro groups is 1. The first-order valence-electron chi connectivity index (χ1n) is 4.49. The molecule has 3 nitrogen and oxygen atoms in total. The monoisotopic (exact) mass is 269 g/mol. The molecule has 0 aliphatic heterocycles. The van der Waals surface area contributed by atoms with Gasteiger partial charge >= 0.3 is 0 Å². The largest absolute Gasteiger partial charge is 0.264 e. The fraction of sp³-hybridized carbons (Fsp3) is 0.556. The van der Waals surface area contributed by atoms with Crippen LogP contribution >= 0.6 is 34.8 Å². The third-order valence-electron chi connectivity index (χ3n) is 2.31. The third kappa shape index (κ3) is 2.86. The van der Waals surface area contributed by atoms with E-state index < -0.39 is 16.9 Å². The fourth-order valence-corrected chi connectivity index (χ4v) is 2.41. The summed E-state index contributed by atoms with van der Waals surface area (Å²) in [7, 11) is 0. The lowest BCUT2D eigenvalue weighted by atomic mass is 9.90. The van der Waals surface area contributed by atoms with E-state index in [0.717, 1.165) is 0 Å². The minimum absolute atomic E-state index is 0.136. The van der Waals surface area contributed by atoms with Gasteiger partial charge in [-0.25, -0.2) is 0 Å². The fourth-order valence-electron chi connectivity index (χ4n) is 1.54. The summed E-state index contributed by atoms with van der Waals surface area (Å²) in [5.41, 5.74) is 0. The molecule has 0 radical (unpaired) electrons. The molecule has 0 fully saturated rings. The smallest absolute Gasteiger partial charge is 0.256 e. The van der Waals surface area contributed by atoms with Crippen molar-refractivity contribution in [3.05, 3.63) is 32.3 Å². The van der Waals surface area contributed by atoms with Gasteiger partial charge in [-0.2, -0.15) is 0 Å². The standard InChI is InChI=1S/C9H10Cl3NO2/c1-2-7(11)6-3-5(10)4-8(12)9(6)13(14)15/h3-4,6-7,9H,2H2,1H3. The topological polar surface area (TPSA) is 43.1 Å². The Labute approximate surface area is 103 Å². The molecule has 3 atom stereocenters. The Balaban J connectivity index is 3.02. The summed E-state index contributed by atoms with van der Waals surface area (Å²) < 4.78 is 0. The summed E-state index contributed by atoms with van der Waals surface area (Å²) in [5.74, 6) is -0.448. The van der Waals surface area contributed by atoms with Crippen LogP contribution in [0.1, 0.15) is 13.3 Å². The molecule has 1 aliphatic rings. The zero-order chi connectivity index (χ0) is 11.6. The Morgan fingerprint density at radius 1 is 1.60 bits per heavy atom. The number of hydrogen-bond acceptors (Lipinski definition) is 2. The van der Waals surface area contributed by atoms with Crippen LogP contribution in [-0.4, -0.2) is 16.3 Å². The molecule has 0 saturated heterocycles. The predicted octanol–water partition coefficient (Wildman–Crippen LogP) is 3.52. The summed E-state index contributed by atoms with van der Waals surface area (Å²) in [6.07, 6.45) is 3.62. The van der Waals surface area contributed by atoms with Crippen molar-refractivity contribution in [2.75, 3.05) is 0 Å². The minimum atomic E-state index is -0.975. The SMILES string of the molecule is CCC(Cl)C1C=C(Cl)C=C(Cl)C1[N+](=O)[O-]. The molecule has 0 aromatic rings. The molecule has 0 saturated carbocycles. The summed E-state index contributed by atoms with van der Waals surface area (Å²) in [5, 5.41) is 11.1. The van der Waals surface area contributed by atoms with Gasteiger partial charge in [0.1, 0.15) is 0 Å². The van der Waals surface area contributed by atoms with Crippen LogP contribution in [0.4, 0.5) is 0 Å². The van der Waals surface area contributed by atoms with E-state index in [-0.39, 0.29) is 10.4 Å². The normalized spacial score (nSPS) is 28.0. The lowest BCUT2D eigenvalue weighted by molar-refractivity contribution is -0.517. The highest BCUT2D eigenvalue weighted by Gasteiger charge is 2.39. The first-order valence-corrected chi connectivity index (χ1v) is 5.68. The van der Waals surface area contributed by atoms with Crippen LogP contribution < -0.4 is 0 Å². The Bertz CT molecular complexity index is 327. The van der Waals surface area contributed by atoms with E-state index in [2.05, 4.69) is 0 Å². The summed E-state index contributed by atoms with van der Waals surface area (Å²) in [4.78, 5) is 10.4. The van der Waals surface area contributed by atoms with Gasteiger partial charge in [-0.3, -0.25) is 10.1 Å². The predicted molar refractivity (Wildman–Crippen MR) is 62.1 cm³/mol. The molecule has 0 bridgehead atoms. The molecule has 1 rings (SSSR count). The maximum absolute atomic E-state index is 10.9. The van der Waals surface area contributed by atoms with Crippen molar-refractivity contribution in [2.45, 2.75) is 24.8 Å². The van der Waals surface area contributed by atoms with Gasteiger partial charge in [-0.15, -0.1) is 11.6 Å². The number of hydrogen-bond donors (Lipinski definition) is 0. The van der Waals surface area contributed by atoms with Crippen molar-refractivity contribution in [3.8, 4) is 0 Å². The van der Waals surface area contributed by atoms with E-state index in [1.54, 1.807) is 6.08 Å². The Morgan fingerprint density at radius 3 is 2.67 bits per heavy atom. The van der Waals surface area contributed by atoms with E-state index in [0.29, 0.717) is 11.5 Å². The summed E-state index contributed by atoms with van der Waals surface area (Å²) >= 11 is 17.6. The van der Waals surface area contributed by atoms with Crippen LogP contribution in [0.15, 0.2) is 22.2 Å². The molecular formula is C9H10Cl3NO2. The van der Waals surface area contributed by atoms with Crippen LogP contribution in [-0.2, 0) is 0 Å². The summed E-state index contributed by atoms with van der Waals surface area (Å²) in [6, 6.07) is -0.975. The first-order chi connectivity index (χ1) is 6.97. The van der Waals surface area contributed by atoms with Crippen molar-refractivity contribution in [1.82, 2.24) is 0 Å². The lowest BCUT2D eigenvalue weighted by Gasteiger charge is -2.24. The molecule has 0 aromatic carbocycles. The van der Waals surface area contributed by atoms with Gasteiger partial charge in [-0.1, -0.05) is 36.2 Å². The maximum atomic E-state index is 10.9. The molecule has 84 valence electrons. The number of allylic oxidation sites excluding steroid dienone is 2. The van der Waals surface area contributed by atoms with Crippen LogP contribution in [0.5, 0.6) is 0 Å². The number of halogens is 3. The van der Waals surface area contributed by atoms with Gasteiger partial charge in [0.05, 0.1) is 11.0 Å². The van der Waals surface area contributed by atoms with Crippen molar-refractivity contribution in [1.29, 1.82) is 0 Å². The third-order valence-corrected chi connectivity index (χ3v) is 3.48. The van der Waals surface area contributed by atoms with E-state index in [4.69, 9.17) is 34.8 Å². The minimum Gasteiger partial charge on any atom is -0.264 e. The average Bonchev–Trinajstić information content (AvgIpc) is 2.14. The van der Waals surface area contributed by atoms with Gasteiger partial charge in [0.15, 0.2) is 0 Å². The quantitative estimate of drug-likeness (QED) is 0.447. The molecular weight excluding hydrogens is 260 g/mol. The highest BCUT2D eigenvalue weighted by atomic mass is 35.5. The Hall–Kier alpha value is -0.250. The van der Waals surface area contributed by atoms with Gasteiger partial charge in [-0.05, 0) is 12.5 Å². The van der Waals surface area contributed by atoms with Crippen molar-refractivity contribution in [3.63, 3.8) is 0 Å². The Kier molecular flexibility index (Phi) is 4.44. The molecule has 6 heteroatoms. The van der Waals surface area contributed by atoms with E-state index in [1.165, 1.54) is 6.08 Å². The molecule has 1 aliphatic carbocycles. The number of alkyl halides is 1. The second-order valence-electron chi connectivity index (χ2n) is 3.31. The molecule has 0 spiro atoms. The van der Waals surface area contributed by atoms with Crippen LogP contribution in [0.25, 0.3) is 0 Å². The van der Waals surface area contributed by atoms with Crippen LogP contribution in [0, 0.1) is 16.0 Å². The molecule has 0 heterocycles. The van der Waals surface area contributed by atoms with Gasteiger partial charge in [0.25, 0.3) is 6.04 Å². The zero-order valence-corrected chi connectivity index (χ0v) is 10.3. The second kappa shape index (κ2) is 5.19. The van der Waals surface area contributed by atoms with Gasteiger partial charge < -0.3 is 0 Å². The Morgan fingerprint density at radius 2 is 2.20 bits per heavy atom. The van der Waals surface area contributed by atoms with Gasteiger partial charge in [0, 0.05) is 15.3 Å². The molecule has 0 N–H and O–H groups in total. The van der Waals surface area contributed by atoms with Crippen LogP contribution in [0.2, 0.25) is 0 Å². The molecule has 0 amide bonds. The summed E-state index contributed by atoms with van der Waals surface area (Å²) in [6.45, 7) is 1.86. The van der Waals surface area contributed by atoms with E-state index in [9.17, 15) is 10.1 Å². The molecule has 3 unspecified atom stereocenters. The lowest BCUT2D eigenvalue weighted by Crippen LogP contribution is -2.35. The first kappa shape index (κ1) is 12.8. The van der Waals surface area contributed by atoms with E-state index >= 15 is 0 Å². The molecule has 15 heavy (non-hydrogen) atoms. The van der Waals surface area contributed by atoms with Crippen LogP contribution in [0.3, 0.4) is 0 Å². The highest BCUT2D eigenvalue weighted by Crippen LogP contribution is 2.34. The van der Waals surface area contributed by atoms with Crippen molar-refractivity contribution >= 4 is 34.8 Å². The van der Waals surface area contributed by atoms with Crippen molar-refractivity contribution < 1.29 is 4.92 Å². The highest BCUT2D eigenvalue weighted by molar-refractivity contribution is 6.35. The second-order valence-corrected chi connectivity index (χ2v) is 4.75. The number of rotatable bonds is 3. The molecule has 0 aromatic heterocycles. The maximum Gasteiger partial charge on any atom is 0.256 e.